The van der Waals surface area contributed by atoms with E-state index < -0.39 is 6.10 Å². The third-order valence-electron chi connectivity index (χ3n) is 3.53. The Bertz CT molecular complexity index is 716. The Hall–Kier alpha value is -2.07. The van der Waals surface area contributed by atoms with E-state index in [9.17, 15) is 9.59 Å². The quantitative estimate of drug-likeness (QED) is 0.843. The van der Waals surface area contributed by atoms with Crippen molar-refractivity contribution in [2.45, 2.75) is 33.8 Å². The molecule has 5 heteroatoms. The maximum Gasteiger partial charge on any atom is 0.219 e. The van der Waals surface area contributed by atoms with Crippen LogP contribution in [0.25, 0.3) is 0 Å². The maximum absolute atomic E-state index is 12.5. The van der Waals surface area contributed by atoms with Crippen molar-refractivity contribution < 1.29 is 14.3 Å². The molecular weight excluding hydrogens is 302 g/mol. The Balaban J connectivity index is 2.22. The monoisotopic (exact) mass is 319 g/mol. The van der Waals surface area contributed by atoms with Gasteiger partial charge >= 0.3 is 0 Å². The molecule has 0 aliphatic rings. The highest BCUT2D eigenvalue weighted by Crippen LogP contribution is 2.22. The van der Waals surface area contributed by atoms with Crippen molar-refractivity contribution >= 4 is 23.2 Å². The lowest BCUT2D eigenvalue weighted by Gasteiger charge is -2.13. The van der Waals surface area contributed by atoms with Gasteiger partial charge in [0, 0.05) is 16.3 Å². The van der Waals surface area contributed by atoms with Crippen LogP contribution >= 0.6 is 11.6 Å². The Morgan fingerprint density at radius 1 is 1.18 bits per heavy atom. The smallest absolute Gasteiger partial charge is 0.219 e. The molecule has 1 N–H and O–H groups in total. The van der Waals surface area contributed by atoms with Gasteiger partial charge in [0.25, 0.3) is 0 Å². The van der Waals surface area contributed by atoms with Gasteiger partial charge in [0.05, 0.1) is 5.69 Å². The normalized spacial score (nSPS) is 12.0. The summed E-state index contributed by atoms with van der Waals surface area (Å²) in [5, 5.41) is 0.605. The Labute approximate surface area is 134 Å². The number of aromatic nitrogens is 1. The van der Waals surface area contributed by atoms with Crippen LogP contribution in [0.15, 0.2) is 24.3 Å². The second-order valence-corrected chi connectivity index (χ2v) is 5.70. The molecule has 0 radical (unpaired) electrons. The number of hydrogen-bond donors (Lipinski definition) is 1. The fourth-order valence-corrected chi connectivity index (χ4v) is 2.62. The molecule has 0 saturated heterocycles. The minimum absolute atomic E-state index is 0.0587. The van der Waals surface area contributed by atoms with Gasteiger partial charge in [-0.2, -0.15) is 0 Å². The number of hydrogen-bond acceptors (Lipinski definition) is 3. The van der Waals surface area contributed by atoms with Crippen LogP contribution in [0.4, 0.5) is 0 Å². The average molecular weight is 320 g/mol. The number of ether oxygens (including phenoxy) is 1. The molecule has 0 unspecified atom stereocenters. The number of carbonyl (C=O) groups is 2. The standard InChI is InChI=1S/C17H18ClNO3/c1-9-15(11(3)20)10(2)19-16(9)17(21)12(4)22-14-7-5-13(18)6-8-14/h5-8,12,19H,1-4H3/t12-/m1/s1. The van der Waals surface area contributed by atoms with Crippen LogP contribution in [0.3, 0.4) is 0 Å². The topological polar surface area (TPSA) is 59.2 Å². The molecule has 1 atom stereocenters. The van der Waals surface area contributed by atoms with E-state index in [2.05, 4.69) is 4.98 Å². The second kappa shape index (κ2) is 6.36. The molecule has 4 nitrogen and oxygen atoms in total. The van der Waals surface area contributed by atoms with Crippen molar-refractivity contribution in [3.63, 3.8) is 0 Å². The zero-order chi connectivity index (χ0) is 16.4. The summed E-state index contributed by atoms with van der Waals surface area (Å²) in [6.07, 6.45) is -0.669. The van der Waals surface area contributed by atoms with Crippen LogP contribution in [-0.2, 0) is 0 Å². The minimum atomic E-state index is -0.669. The Morgan fingerprint density at radius 2 is 1.77 bits per heavy atom. The molecule has 1 aromatic carbocycles. The van der Waals surface area contributed by atoms with E-state index in [1.807, 2.05) is 0 Å². The number of Topliss-reactive ketones (excluding diaryl/α,β-unsaturated/α-hetero) is 2. The van der Waals surface area contributed by atoms with Crippen LogP contribution in [0.5, 0.6) is 5.75 Å². The molecule has 1 aromatic heterocycles. The van der Waals surface area contributed by atoms with Crippen molar-refractivity contribution in [3.8, 4) is 5.75 Å². The second-order valence-electron chi connectivity index (χ2n) is 5.26. The summed E-state index contributed by atoms with van der Waals surface area (Å²) in [6, 6.07) is 6.82. The molecule has 116 valence electrons. The molecule has 0 fully saturated rings. The van der Waals surface area contributed by atoms with Gasteiger partial charge in [-0.1, -0.05) is 11.6 Å². The molecule has 0 aliphatic heterocycles. The van der Waals surface area contributed by atoms with E-state index in [1.165, 1.54) is 6.92 Å². The first-order valence-corrected chi connectivity index (χ1v) is 7.35. The fourth-order valence-electron chi connectivity index (χ4n) is 2.50. The molecule has 2 rings (SSSR count). The van der Waals surface area contributed by atoms with Gasteiger partial charge in [0.2, 0.25) is 5.78 Å². The van der Waals surface area contributed by atoms with E-state index in [-0.39, 0.29) is 11.6 Å². The number of carbonyl (C=O) groups excluding carboxylic acids is 2. The lowest BCUT2D eigenvalue weighted by atomic mass is 10.0. The molecule has 0 saturated carbocycles. The molecule has 0 aliphatic carbocycles. The predicted octanol–water partition coefficient (Wildman–Crippen LogP) is 4.14. The third kappa shape index (κ3) is 3.22. The number of nitrogens with one attached hydrogen (secondary N) is 1. The van der Waals surface area contributed by atoms with Gasteiger partial charge in [-0.3, -0.25) is 9.59 Å². The van der Waals surface area contributed by atoms with E-state index in [0.717, 1.165) is 0 Å². The zero-order valence-corrected chi connectivity index (χ0v) is 13.7. The lowest BCUT2D eigenvalue weighted by molar-refractivity contribution is 0.0812. The summed E-state index contributed by atoms with van der Waals surface area (Å²) in [5.74, 6) is 0.317. The van der Waals surface area contributed by atoms with Crippen molar-refractivity contribution in [1.29, 1.82) is 0 Å². The lowest BCUT2D eigenvalue weighted by Crippen LogP contribution is -2.25. The number of rotatable bonds is 5. The summed E-state index contributed by atoms with van der Waals surface area (Å²) in [5.41, 5.74) is 2.36. The largest absolute Gasteiger partial charge is 0.483 e. The van der Waals surface area contributed by atoms with Gasteiger partial charge in [-0.15, -0.1) is 0 Å². The highest BCUT2D eigenvalue weighted by molar-refractivity contribution is 6.30. The first kappa shape index (κ1) is 16.3. The van der Waals surface area contributed by atoms with Crippen LogP contribution in [0, 0.1) is 13.8 Å². The number of ketones is 2. The molecule has 0 bridgehead atoms. The first-order valence-electron chi connectivity index (χ1n) is 6.97. The molecule has 2 aromatic rings. The molecule has 0 spiro atoms. The van der Waals surface area contributed by atoms with Crippen molar-refractivity contribution in [2.75, 3.05) is 0 Å². The Kier molecular flexibility index (Phi) is 4.71. The number of halogens is 1. The van der Waals surface area contributed by atoms with Crippen molar-refractivity contribution in [1.82, 2.24) is 4.98 Å². The van der Waals surface area contributed by atoms with Gasteiger partial charge in [-0.05, 0) is 57.5 Å². The predicted molar refractivity (Wildman–Crippen MR) is 86.1 cm³/mol. The van der Waals surface area contributed by atoms with E-state index in [0.29, 0.717) is 33.3 Å². The van der Waals surface area contributed by atoms with Crippen LogP contribution in [0.2, 0.25) is 5.02 Å². The van der Waals surface area contributed by atoms with Crippen molar-refractivity contribution in [3.05, 3.63) is 51.8 Å². The van der Waals surface area contributed by atoms with Gasteiger partial charge in [-0.25, -0.2) is 0 Å². The zero-order valence-electron chi connectivity index (χ0n) is 13.0. The van der Waals surface area contributed by atoms with E-state index in [1.54, 1.807) is 45.0 Å². The highest BCUT2D eigenvalue weighted by atomic mass is 35.5. The fraction of sp³-hybridized carbons (Fsp3) is 0.294. The summed E-state index contributed by atoms with van der Waals surface area (Å²) in [4.78, 5) is 27.2. The number of benzene rings is 1. The summed E-state index contributed by atoms with van der Waals surface area (Å²) >= 11 is 5.82. The molecule has 1 heterocycles. The number of H-pyrrole nitrogens is 1. The van der Waals surface area contributed by atoms with Crippen LogP contribution < -0.4 is 4.74 Å². The number of aromatic amines is 1. The highest BCUT2D eigenvalue weighted by Gasteiger charge is 2.24. The summed E-state index contributed by atoms with van der Waals surface area (Å²) in [7, 11) is 0. The van der Waals surface area contributed by atoms with Gasteiger partial charge in [0.15, 0.2) is 11.9 Å². The molecular formula is C17H18ClNO3. The van der Waals surface area contributed by atoms with E-state index >= 15 is 0 Å². The maximum atomic E-state index is 12.5. The van der Waals surface area contributed by atoms with Crippen molar-refractivity contribution in [2.24, 2.45) is 0 Å². The summed E-state index contributed by atoms with van der Waals surface area (Å²) < 4.78 is 5.64. The summed E-state index contributed by atoms with van der Waals surface area (Å²) in [6.45, 7) is 6.72. The molecule has 22 heavy (non-hydrogen) atoms. The number of aryl methyl sites for hydroxylation is 1. The molecule has 0 amide bonds. The van der Waals surface area contributed by atoms with Gasteiger partial charge < -0.3 is 9.72 Å². The van der Waals surface area contributed by atoms with E-state index in [4.69, 9.17) is 16.3 Å². The SMILES string of the molecule is CC(=O)c1c(C)[nH]c(C(=O)[C@@H](C)Oc2ccc(Cl)cc2)c1C. The third-order valence-corrected chi connectivity index (χ3v) is 3.78. The van der Waals surface area contributed by atoms with Gasteiger partial charge in [0.1, 0.15) is 5.75 Å². The first-order chi connectivity index (χ1) is 10.3. The Morgan fingerprint density at radius 3 is 2.27 bits per heavy atom. The van der Waals surface area contributed by atoms with Crippen LogP contribution in [-0.4, -0.2) is 22.7 Å². The minimum Gasteiger partial charge on any atom is -0.483 e. The van der Waals surface area contributed by atoms with Crippen LogP contribution in [0.1, 0.15) is 46.0 Å². The average Bonchev–Trinajstić information content (AvgIpc) is 2.75.